The van der Waals surface area contributed by atoms with Gasteiger partial charge in [0.15, 0.2) is 5.82 Å². The number of hydrogen-bond donors (Lipinski definition) is 0. The highest BCUT2D eigenvalue weighted by atomic mass is 32.1. The van der Waals surface area contributed by atoms with E-state index in [1.54, 1.807) is 6.20 Å². The summed E-state index contributed by atoms with van der Waals surface area (Å²) >= 11 is 1.83. The van der Waals surface area contributed by atoms with E-state index in [0.29, 0.717) is 5.82 Å². The first-order valence-corrected chi connectivity index (χ1v) is 16.6. The van der Waals surface area contributed by atoms with Crippen molar-refractivity contribution in [2.75, 3.05) is 0 Å². The molecular formula is C43H25N3S. The van der Waals surface area contributed by atoms with Gasteiger partial charge in [-0.05, 0) is 74.5 Å². The monoisotopic (exact) mass is 615 g/mol. The van der Waals surface area contributed by atoms with Crippen molar-refractivity contribution in [3.05, 3.63) is 152 Å². The summed E-state index contributed by atoms with van der Waals surface area (Å²) in [5.41, 5.74) is 12.3. The van der Waals surface area contributed by atoms with E-state index >= 15 is 0 Å². The van der Waals surface area contributed by atoms with E-state index in [0.717, 1.165) is 39.2 Å². The zero-order valence-corrected chi connectivity index (χ0v) is 26.0. The summed E-state index contributed by atoms with van der Waals surface area (Å²) in [5.74, 6) is 0.706. The van der Waals surface area contributed by atoms with Crippen molar-refractivity contribution in [1.29, 1.82) is 0 Å². The number of nitrogens with zero attached hydrogens (tertiary/aromatic N) is 3. The van der Waals surface area contributed by atoms with Crippen molar-refractivity contribution in [1.82, 2.24) is 15.0 Å². The minimum Gasteiger partial charge on any atom is -0.264 e. The van der Waals surface area contributed by atoms with Crippen LogP contribution in [0, 0.1) is 0 Å². The number of rotatable bonds is 4. The van der Waals surface area contributed by atoms with Gasteiger partial charge in [0, 0.05) is 49.3 Å². The highest BCUT2D eigenvalue weighted by molar-refractivity contribution is 7.25. The van der Waals surface area contributed by atoms with E-state index in [9.17, 15) is 0 Å². The molecule has 0 N–H and O–H groups in total. The second kappa shape index (κ2) is 10.3. The summed E-state index contributed by atoms with van der Waals surface area (Å²) in [6, 6.07) is 49.9. The lowest BCUT2D eigenvalue weighted by Gasteiger charge is -2.13. The van der Waals surface area contributed by atoms with Crippen LogP contribution in [0.1, 0.15) is 0 Å². The van der Waals surface area contributed by atoms with Crippen molar-refractivity contribution >= 4 is 42.3 Å². The van der Waals surface area contributed by atoms with Crippen LogP contribution in [0.5, 0.6) is 0 Å². The number of fused-ring (bicyclic) bond motifs is 6. The fraction of sp³-hybridized carbons (Fsp3) is 0. The number of thiophene rings is 1. The largest absolute Gasteiger partial charge is 0.264 e. The average molecular weight is 616 g/mol. The Morgan fingerprint density at radius 3 is 1.94 bits per heavy atom. The maximum atomic E-state index is 5.26. The standard InChI is InChI=1S/C43H25N3S/c1-2-9-31-30(8-1)34-11-5-12-35-32(19-20-36(31)42(34)35)39-24-38(28-18-21-41-37(23-28)33-10-3-4-13-40(33)47-41)45-43(46-39)27-16-14-26(15-17-27)29-7-6-22-44-25-29/h1-25H. The molecule has 0 bridgehead atoms. The van der Waals surface area contributed by atoms with Gasteiger partial charge in [0.25, 0.3) is 0 Å². The van der Waals surface area contributed by atoms with Crippen molar-refractivity contribution in [2.24, 2.45) is 0 Å². The molecule has 0 spiro atoms. The molecule has 3 aromatic heterocycles. The van der Waals surface area contributed by atoms with Gasteiger partial charge in [-0.3, -0.25) is 4.98 Å². The molecule has 1 aliphatic rings. The molecular weight excluding hydrogens is 591 g/mol. The molecule has 4 heteroatoms. The Morgan fingerprint density at radius 2 is 1.09 bits per heavy atom. The first-order valence-electron chi connectivity index (χ1n) is 15.8. The first kappa shape index (κ1) is 26.3. The molecule has 0 aliphatic heterocycles. The fourth-order valence-electron chi connectivity index (χ4n) is 7.12. The molecule has 0 saturated heterocycles. The first-order chi connectivity index (χ1) is 23.3. The van der Waals surface area contributed by atoms with E-state index in [1.807, 2.05) is 23.6 Å². The maximum Gasteiger partial charge on any atom is 0.160 e. The lowest BCUT2D eigenvalue weighted by atomic mass is 9.96. The highest BCUT2D eigenvalue weighted by Crippen LogP contribution is 2.49. The van der Waals surface area contributed by atoms with Crippen LogP contribution >= 0.6 is 11.3 Å². The maximum absolute atomic E-state index is 5.26. The molecule has 3 nitrogen and oxygen atoms in total. The Balaban J connectivity index is 1.18. The van der Waals surface area contributed by atoms with Gasteiger partial charge >= 0.3 is 0 Å². The molecule has 0 unspecified atom stereocenters. The lowest BCUT2D eigenvalue weighted by molar-refractivity contribution is 1.19. The minimum absolute atomic E-state index is 0.706. The van der Waals surface area contributed by atoms with Crippen LogP contribution in [0.25, 0.3) is 98.2 Å². The van der Waals surface area contributed by atoms with Crippen LogP contribution < -0.4 is 0 Å². The van der Waals surface area contributed by atoms with Gasteiger partial charge in [0.2, 0.25) is 0 Å². The number of benzene rings is 6. The van der Waals surface area contributed by atoms with E-state index in [4.69, 9.17) is 9.97 Å². The normalized spacial score (nSPS) is 11.8. The minimum atomic E-state index is 0.706. The van der Waals surface area contributed by atoms with Crippen molar-refractivity contribution in [2.45, 2.75) is 0 Å². The predicted molar refractivity (Wildman–Crippen MR) is 196 cm³/mol. The van der Waals surface area contributed by atoms with Crippen LogP contribution in [0.4, 0.5) is 0 Å². The molecule has 0 atom stereocenters. The molecule has 3 heterocycles. The van der Waals surface area contributed by atoms with E-state index in [-0.39, 0.29) is 0 Å². The Kier molecular flexibility index (Phi) is 5.74. The number of hydrogen-bond acceptors (Lipinski definition) is 4. The fourth-order valence-corrected chi connectivity index (χ4v) is 8.21. The zero-order chi connectivity index (χ0) is 30.9. The number of pyridine rings is 1. The molecule has 1 aliphatic carbocycles. The third-order valence-electron chi connectivity index (χ3n) is 9.36. The summed E-state index contributed by atoms with van der Waals surface area (Å²) in [4.78, 5) is 14.8. The molecule has 218 valence electrons. The van der Waals surface area contributed by atoms with E-state index in [1.165, 1.54) is 53.2 Å². The van der Waals surface area contributed by atoms with Gasteiger partial charge in [-0.15, -0.1) is 11.3 Å². The van der Waals surface area contributed by atoms with Gasteiger partial charge in [-0.2, -0.15) is 0 Å². The Labute approximate surface area is 275 Å². The zero-order valence-electron chi connectivity index (χ0n) is 25.2. The van der Waals surface area contributed by atoms with Crippen LogP contribution in [0.15, 0.2) is 152 Å². The van der Waals surface area contributed by atoms with Crippen LogP contribution in [0.3, 0.4) is 0 Å². The van der Waals surface area contributed by atoms with Crippen molar-refractivity contribution in [3.63, 3.8) is 0 Å². The van der Waals surface area contributed by atoms with E-state index in [2.05, 4.69) is 138 Å². The Bertz CT molecular complexity index is 2640. The quantitative estimate of drug-likeness (QED) is 0.198. The summed E-state index contributed by atoms with van der Waals surface area (Å²) in [5, 5.41) is 5.04. The summed E-state index contributed by atoms with van der Waals surface area (Å²) < 4.78 is 2.58. The van der Waals surface area contributed by atoms with Gasteiger partial charge in [-0.25, -0.2) is 9.97 Å². The molecule has 47 heavy (non-hydrogen) atoms. The van der Waals surface area contributed by atoms with Crippen LogP contribution in [-0.4, -0.2) is 15.0 Å². The smallest absolute Gasteiger partial charge is 0.160 e. The molecule has 9 aromatic rings. The molecule has 0 fully saturated rings. The van der Waals surface area contributed by atoms with Gasteiger partial charge in [0.05, 0.1) is 11.4 Å². The second-order valence-corrected chi connectivity index (χ2v) is 13.1. The molecule has 0 amide bonds. The molecule has 10 rings (SSSR count). The van der Waals surface area contributed by atoms with Gasteiger partial charge < -0.3 is 0 Å². The topological polar surface area (TPSA) is 38.7 Å². The lowest BCUT2D eigenvalue weighted by Crippen LogP contribution is -1.96. The summed E-state index contributed by atoms with van der Waals surface area (Å²) in [7, 11) is 0. The Hall–Kier alpha value is -5.97. The van der Waals surface area contributed by atoms with Crippen LogP contribution in [0.2, 0.25) is 0 Å². The third-order valence-corrected chi connectivity index (χ3v) is 10.5. The second-order valence-electron chi connectivity index (χ2n) is 12.0. The highest BCUT2D eigenvalue weighted by Gasteiger charge is 2.23. The molecule has 6 aromatic carbocycles. The molecule has 0 saturated carbocycles. The van der Waals surface area contributed by atoms with Gasteiger partial charge in [0.1, 0.15) is 0 Å². The summed E-state index contributed by atoms with van der Waals surface area (Å²) in [6.07, 6.45) is 3.69. The molecule has 0 radical (unpaired) electrons. The predicted octanol–water partition coefficient (Wildman–Crippen LogP) is 11.7. The van der Waals surface area contributed by atoms with Gasteiger partial charge in [-0.1, -0.05) is 109 Å². The Morgan fingerprint density at radius 1 is 0.404 bits per heavy atom. The average Bonchev–Trinajstić information content (AvgIpc) is 3.68. The third kappa shape index (κ3) is 4.16. The SMILES string of the molecule is c1cncc(-c2ccc(-c3nc(-c4ccc5sc6ccccc6c5c4)cc(-c4ccc5c6c(cccc46)-c4ccccc4-5)n3)cc2)c1. The van der Waals surface area contributed by atoms with Crippen molar-refractivity contribution < 1.29 is 0 Å². The summed E-state index contributed by atoms with van der Waals surface area (Å²) in [6.45, 7) is 0. The van der Waals surface area contributed by atoms with E-state index < -0.39 is 0 Å². The van der Waals surface area contributed by atoms with Crippen LogP contribution in [-0.2, 0) is 0 Å². The number of aromatic nitrogens is 3. The van der Waals surface area contributed by atoms with Crippen molar-refractivity contribution in [3.8, 4) is 67.3 Å².